The van der Waals surface area contributed by atoms with Gasteiger partial charge in [-0.1, -0.05) is 12.1 Å². The highest BCUT2D eigenvalue weighted by Crippen LogP contribution is 2.21. The van der Waals surface area contributed by atoms with Crippen LogP contribution in [0.25, 0.3) is 0 Å². The quantitative estimate of drug-likeness (QED) is 0.766. The van der Waals surface area contributed by atoms with E-state index in [2.05, 4.69) is 49.1 Å². The van der Waals surface area contributed by atoms with Crippen molar-refractivity contribution < 1.29 is 0 Å². The van der Waals surface area contributed by atoms with Gasteiger partial charge in [-0.2, -0.15) is 4.98 Å². The Kier molecular flexibility index (Phi) is 4.82. The molecule has 1 saturated heterocycles. The lowest BCUT2D eigenvalue weighted by molar-refractivity contribution is 0.634. The summed E-state index contributed by atoms with van der Waals surface area (Å²) in [6.07, 6.45) is 3.57. The Morgan fingerprint density at radius 3 is 2.33 bits per heavy atom. The van der Waals surface area contributed by atoms with Gasteiger partial charge in [0.1, 0.15) is 5.82 Å². The first-order valence-electron chi connectivity index (χ1n) is 9.14. The molecule has 1 aromatic carbocycles. The van der Waals surface area contributed by atoms with Gasteiger partial charge >= 0.3 is 0 Å². The molecule has 4 rings (SSSR count). The van der Waals surface area contributed by atoms with E-state index in [4.69, 9.17) is 4.98 Å². The second-order valence-electron chi connectivity index (χ2n) is 6.71. The highest BCUT2D eigenvalue weighted by molar-refractivity contribution is 5.56. The molecule has 1 aliphatic rings. The SMILES string of the molecule is Cc1cccc(Nc2nc(C)cc(N3CCN(c4ncccn4)CC3)n2)c1. The van der Waals surface area contributed by atoms with Gasteiger partial charge in [-0.3, -0.25) is 0 Å². The minimum absolute atomic E-state index is 0.629. The van der Waals surface area contributed by atoms with Crippen molar-refractivity contribution in [2.24, 2.45) is 0 Å². The Morgan fingerprint density at radius 1 is 0.852 bits per heavy atom. The van der Waals surface area contributed by atoms with E-state index in [1.165, 1.54) is 5.56 Å². The molecular weight excluding hydrogens is 338 g/mol. The van der Waals surface area contributed by atoms with Crippen LogP contribution in [0.2, 0.25) is 0 Å². The maximum absolute atomic E-state index is 4.73. The molecule has 138 valence electrons. The molecule has 0 spiro atoms. The summed E-state index contributed by atoms with van der Waals surface area (Å²) < 4.78 is 0. The second kappa shape index (κ2) is 7.57. The van der Waals surface area contributed by atoms with E-state index < -0.39 is 0 Å². The summed E-state index contributed by atoms with van der Waals surface area (Å²) in [6, 6.07) is 12.1. The van der Waals surface area contributed by atoms with Crippen molar-refractivity contribution in [3.05, 3.63) is 60.0 Å². The summed E-state index contributed by atoms with van der Waals surface area (Å²) in [6.45, 7) is 7.56. The topological polar surface area (TPSA) is 70.1 Å². The summed E-state index contributed by atoms with van der Waals surface area (Å²) in [5.41, 5.74) is 3.15. The van der Waals surface area contributed by atoms with Crippen LogP contribution in [0.5, 0.6) is 0 Å². The maximum Gasteiger partial charge on any atom is 0.229 e. The number of piperazine rings is 1. The van der Waals surface area contributed by atoms with Crippen LogP contribution in [0.3, 0.4) is 0 Å². The minimum Gasteiger partial charge on any atom is -0.353 e. The van der Waals surface area contributed by atoms with Gasteiger partial charge in [-0.25, -0.2) is 15.0 Å². The van der Waals surface area contributed by atoms with Crippen molar-refractivity contribution in [1.29, 1.82) is 0 Å². The normalized spacial score (nSPS) is 14.3. The molecular formula is C20H23N7. The predicted octanol–water partition coefficient (Wildman–Crippen LogP) is 2.95. The van der Waals surface area contributed by atoms with Crippen molar-refractivity contribution >= 4 is 23.4 Å². The highest BCUT2D eigenvalue weighted by Gasteiger charge is 2.20. The Morgan fingerprint density at radius 2 is 1.59 bits per heavy atom. The van der Waals surface area contributed by atoms with Crippen molar-refractivity contribution in [3.63, 3.8) is 0 Å². The fraction of sp³-hybridized carbons (Fsp3) is 0.300. The predicted molar refractivity (Wildman–Crippen MR) is 108 cm³/mol. The van der Waals surface area contributed by atoms with Crippen LogP contribution < -0.4 is 15.1 Å². The number of aryl methyl sites for hydroxylation is 2. The molecule has 0 bridgehead atoms. The van der Waals surface area contributed by atoms with Crippen LogP contribution in [0.1, 0.15) is 11.3 Å². The molecule has 7 heteroatoms. The van der Waals surface area contributed by atoms with Gasteiger partial charge in [0.15, 0.2) is 0 Å². The van der Waals surface area contributed by atoms with Crippen molar-refractivity contribution in [1.82, 2.24) is 19.9 Å². The van der Waals surface area contributed by atoms with Crippen molar-refractivity contribution in [3.8, 4) is 0 Å². The number of anilines is 4. The Bertz CT molecular complexity index is 905. The standard InChI is InChI=1S/C20H23N7/c1-15-5-3-6-17(13-15)24-19-23-16(2)14-18(25-19)26-9-11-27(12-10-26)20-21-7-4-8-22-20/h3-8,13-14H,9-12H2,1-2H3,(H,23,24,25). The first kappa shape index (κ1) is 17.2. The molecule has 1 N–H and O–H groups in total. The lowest BCUT2D eigenvalue weighted by Crippen LogP contribution is -2.47. The fourth-order valence-corrected chi connectivity index (χ4v) is 3.21. The highest BCUT2D eigenvalue weighted by atomic mass is 15.3. The Balaban J connectivity index is 1.47. The van der Waals surface area contributed by atoms with Crippen LogP contribution in [0.15, 0.2) is 48.8 Å². The third-order valence-corrected chi connectivity index (χ3v) is 4.55. The van der Waals surface area contributed by atoms with Gasteiger partial charge in [0.25, 0.3) is 0 Å². The van der Waals surface area contributed by atoms with Gasteiger partial charge in [-0.05, 0) is 37.6 Å². The number of hydrogen-bond acceptors (Lipinski definition) is 7. The van der Waals surface area contributed by atoms with Gasteiger partial charge in [-0.15, -0.1) is 0 Å². The average molecular weight is 361 g/mol. The molecule has 0 saturated carbocycles. The minimum atomic E-state index is 0.629. The first-order valence-corrected chi connectivity index (χ1v) is 9.14. The zero-order valence-electron chi connectivity index (χ0n) is 15.6. The van der Waals surface area contributed by atoms with Crippen LogP contribution in [0.4, 0.5) is 23.4 Å². The molecule has 7 nitrogen and oxygen atoms in total. The zero-order valence-corrected chi connectivity index (χ0v) is 15.6. The number of hydrogen-bond donors (Lipinski definition) is 1. The molecule has 3 heterocycles. The largest absolute Gasteiger partial charge is 0.353 e. The summed E-state index contributed by atoms with van der Waals surface area (Å²) in [4.78, 5) is 22.4. The smallest absolute Gasteiger partial charge is 0.229 e. The summed E-state index contributed by atoms with van der Waals surface area (Å²) in [5.74, 6) is 2.37. The third-order valence-electron chi connectivity index (χ3n) is 4.55. The molecule has 0 atom stereocenters. The van der Waals surface area contributed by atoms with Crippen LogP contribution in [0, 0.1) is 13.8 Å². The molecule has 0 radical (unpaired) electrons. The number of aromatic nitrogens is 4. The number of nitrogens with zero attached hydrogens (tertiary/aromatic N) is 6. The van der Waals surface area contributed by atoms with Gasteiger partial charge < -0.3 is 15.1 Å². The first-order chi connectivity index (χ1) is 13.2. The Hall–Kier alpha value is -3.22. The van der Waals surface area contributed by atoms with E-state index in [9.17, 15) is 0 Å². The third kappa shape index (κ3) is 4.13. The molecule has 0 unspecified atom stereocenters. The van der Waals surface area contributed by atoms with Gasteiger partial charge in [0, 0.05) is 56.0 Å². The molecule has 1 fully saturated rings. The summed E-state index contributed by atoms with van der Waals surface area (Å²) in [7, 11) is 0. The Labute approximate surface area is 159 Å². The average Bonchev–Trinajstić information content (AvgIpc) is 2.68. The number of benzene rings is 1. The zero-order chi connectivity index (χ0) is 18.6. The summed E-state index contributed by atoms with van der Waals surface area (Å²) in [5, 5.41) is 3.32. The lowest BCUT2D eigenvalue weighted by Gasteiger charge is -2.35. The van der Waals surface area contributed by atoms with Gasteiger partial charge in [0.2, 0.25) is 11.9 Å². The number of nitrogens with one attached hydrogen (secondary N) is 1. The molecule has 27 heavy (non-hydrogen) atoms. The van der Waals surface area contributed by atoms with E-state index in [1.807, 2.05) is 31.2 Å². The van der Waals surface area contributed by atoms with Crippen LogP contribution >= 0.6 is 0 Å². The number of rotatable bonds is 4. The molecule has 0 aliphatic carbocycles. The van der Waals surface area contributed by atoms with E-state index in [-0.39, 0.29) is 0 Å². The van der Waals surface area contributed by atoms with E-state index in [0.29, 0.717) is 5.95 Å². The van der Waals surface area contributed by atoms with Crippen molar-refractivity contribution in [2.45, 2.75) is 13.8 Å². The second-order valence-corrected chi connectivity index (χ2v) is 6.71. The van der Waals surface area contributed by atoms with Crippen LogP contribution in [-0.4, -0.2) is 46.1 Å². The van der Waals surface area contributed by atoms with E-state index in [1.54, 1.807) is 12.4 Å². The monoisotopic (exact) mass is 361 g/mol. The van der Waals surface area contributed by atoms with Crippen molar-refractivity contribution in [2.75, 3.05) is 41.3 Å². The lowest BCUT2D eigenvalue weighted by atomic mass is 10.2. The van der Waals surface area contributed by atoms with Gasteiger partial charge in [0.05, 0.1) is 0 Å². The maximum atomic E-state index is 4.73. The van der Waals surface area contributed by atoms with E-state index in [0.717, 1.165) is 49.3 Å². The molecule has 0 amide bonds. The fourth-order valence-electron chi connectivity index (χ4n) is 3.21. The van der Waals surface area contributed by atoms with E-state index >= 15 is 0 Å². The molecule has 2 aromatic heterocycles. The molecule has 3 aromatic rings. The summed E-state index contributed by atoms with van der Waals surface area (Å²) >= 11 is 0. The molecule has 1 aliphatic heterocycles. The van der Waals surface area contributed by atoms with Crippen LogP contribution in [-0.2, 0) is 0 Å².